The van der Waals surface area contributed by atoms with Crippen molar-refractivity contribution >= 4 is 23.3 Å². The standard InChI is InChI=1S/C13H20N2O3S/c1-3-5-11(12(16)17)15-13(18)14-9(2)8-10-6-4-7-19-10/h4,6-7,9,11H,3,5,8H2,1-2H3,(H,16,17)(H2,14,15,18). The summed E-state index contributed by atoms with van der Waals surface area (Å²) in [6.07, 6.45) is 1.89. The van der Waals surface area contributed by atoms with Gasteiger partial charge in [-0.3, -0.25) is 0 Å². The Kier molecular flexibility index (Phi) is 6.35. The number of nitrogens with one attached hydrogen (secondary N) is 2. The Morgan fingerprint density at radius 1 is 1.42 bits per heavy atom. The fourth-order valence-electron chi connectivity index (χ4n) is 1.75. The zero-order chi connectivity index (χ0) is 14.3. The number of hydrogen-bond acceptors (Lipinski definition) is 3. The molecule has 5 nitrogen and oxygen atoms in total. The molecule has 0 aliphatic rings. The third kappa shape index (κ3) is 5.74. The zero-order valence-electron chi connectivity index (χ0n) is 11.2. The van der Waals surface area contributed by atoms with E-state index in [0.717, 1.165) is 6.42 Å². The van der Waals surface area contributed by atoms with Gasteiger partial charge in [-0.05, 0) is 24.8 Å². The first-order chi connectivity index (χ1) is 9.02. The third-order valence-corrected chi connectivity index (χ3v) is 3.54. The molecular formula is C13H20N2O3S. The van der Waals surface area contributed by atoms with Gasteiger partial charge in [-0.2, -0.15) is 0 Å². The average molecular weight is 284 g/mol. The molecule has 2 unspecified atom stereocenters. The quantitative estimate of drug-likeness (QED) is 0.718. The van der Waals surface area contributed by atoms with E-state index in [9.17, 15) is 9.59 Å². The van der Waals surface area contributed by atoms with Crippen molar-refractivity contribution in [3.8, 4) is 0 Å². The first-order valence-electron chi connectivity index (χ1n) is 6.35. The molecule has 1 aromatic heterocycles. The maximum atomic E-state index is 11.7. The van der Waals surface area contributed by atoms with Crippen LogP contribution in [0, 0.1) is 0 Å². The smallest absolute Gasteiger partial charge is 0.326 e. The van der Waals surface area contributed by atoms with Crippen molar-refractivity contribution in [3.05, 3.63) is 22.4 Å². The molecule has 6 heteroatoms. The Morgan fingerprint density at radius 3 is 2.68 bits per heavy atom. The molecule has 0 aliphatic carbocycles. The van der Waals surface area contributed by atoms with Crippen LogP contribution in [0.5, 0.6) is 0 Å². The lowest BCUT2D eigenvalue weighted by atomic mass is 10.2. The van der Waals surface area contributed by atoms with E-state index in [4.69, 9.17) is 5.11 Å². The van der Waals surface area contributed by atoms with Crippen molar-refractivity contribution in [1.29, 1.82) is 0 Å². The monoisotopic (exact) mass is 284 g/mol. The molecule has 0 bridgehead atoms. The lowest BCUT2D eigenvalue weighted by molar-refractivity contribution is -0.139. The molecule has 0 saturated heterocycles. The zero-order valence-corrected chi connectivity index (χ0v) is 12.0. The summed E-state index contributed by atoms with van der Waals surface area (Å²) in [5.41, 5.74) is 0. The van der Waals surface area contributed by atoms with Crippen molar-refractivity contribution in [2.45, 2.75) is 45.2 Å². The molecule has 0 radical (unpaired) electrons. The van der Waals surface area contributed by atoms with Crippen LogP contribution in [-0.4, -0.2) is 29.2 Å². The molecule has 0 spiro atoms. The number of carboxylic acid groups (broad SMARTS) is 1. The fourth-order valence-corrected chi connectivity index (χ4v) is 2.59. The van der Waals surface area contributed by atoms with Gasteiger partial charge in [-0.25, -0.2) is 9.59 Å². The summed E-state index contributed by atoms with van der Waals surface area (Å²) in [6.45, 7) is 3.78. The van der Waals surface area contributed by atoms with Gasteiger partial charge in [0.05, 0.1) is 0 Å². The topological polar surface area (TPSA) is 78.4 Å². The first-order valence-corrected chi connectivity index (χ1v) is 7.23. The highest BCUT2D eigenvalue weighted by Gasteiger charge is 2.19. The number of carbonyl (C=O) groups is 2. The molecule has 19 heavy (non-hydrogen) atoms. The molecule has 1 aromatic rings. The molecule has 1 heterocycles. The molecule has 2 amide bonds. The van der Waals surface area contributed by atoms with Gasteiger partial charge in [0.2, 0.25) is 0 Å². The maximum Gasteiger partial charge on any atom is 0.326 e. The van der Waals surface area contributed by atoms with Crippen LogP contribution in [-0.2, 0) is 11.2 Å². The third-order valence-electron chi connectivity index (χ3n) is 2.65. The second-order valence-corrected chi connectivity index (χ2v) is 5.51. The van der Waals surface area contributed by atoms with Gasteiger partial charge in [0, 0.05) is 17.3 Å². The van der Waals surface area contributed by atoms with E-state index in [0.29, 0.717) is 12.8 Å². The summed E-state index contributed by atoms with van der Waals surface area (Å²) in [7, 11) is 0. The van der Waals surface area contributed by atoms with Crippen molar-refractivity contribution < 1.29 is 14.7 Å². The average Bonchev–Trinajstić information content (AvgIpc) is 2.80. The first kappa shape index (κ1) is 15.5. The van der Waals surface area contributed by atoms with Crippen LogP contribution < -0.4 is 10.6 Å². The van der Waals surface area contributed by atoms with Crippen LogP contribution in [0.1, 0.15) is 31.6 Å². The maximum absolute atomic E-state index is 11.7. The van der Waals surface area contributed by atoms with Gasteiger partial charge in [0.25, 0.3) is 0 Å². The number of amides is 2. The largest absolute Gasteiger partial charge is 0.480 e. The number of carboxylic acids is 1. The number of aliphatic carboxylic acids is 1. The molecule has 0 aliphatic heterocycles. The van der Waals surface area contributed by atoms with Crippen LogP contribution in [0.2, 0.25) is 0 Å². The lowest BCUT2D eigenvalue weighted by Crippen LogP contribution is -2.48. The Labute approximate surface area is 117 Å². The summed E-state index contributed by atoms with van der Waals surface area (Å²) in [6, 6.07) is 2.70. The lowest BCUT2D eigenvalue weighted by Gasteiger charge is -2.17. The number of carbonyl (C=O) groups excluding carboxylic acids is 1. The molecule has 1 rings (SSSR count). The fraction of sp³-hybridized carbons (Fsp3) is 0.538. The summed E-state index contributed by atoms with van der Waals surface area (Å²) in [4.78, 5) is 23.8. The van der Waals surface area contributed by atoms with E-state index in [1.54, 1.807) is 11.3 Å². The normalized spacial score (nSPS) is 13.6. The molecule has 0 aromatic carbocycles. The minimum atomic E-state index is -0.997. The SMILES string of the molecule is CCCC(NC(=O)NC(C)Cc1cccs1)C(=O)O. The van der Waals surface area contributed by atoms with Gasteiger partial charge in [-0.15, -0.1) is 11.3 Å². The highest BCUT2D eigenvalue weighted by atomic mass is 32.1. The molecule has 0 fully saturated rings. The van der Waals surface area contributed by atoms with Gasteiger partial charge >= 0.3 is 12.0 Å². The van der Waals surface area contributed by atoms with Crippen molar-refractivity contribution in [2.75, 3.05) is 0 Å². The second kappa shape index (κ2) is 7.78. The van der Waals surface area contributed by atoms with Crippen molar-refractivity contribution in [3.63, 3.8) is 0 Å². The van der Waals surface area contributed by atoms with E-state index in [1.165, 1.54) is 4.88 Å². The number of hydrogen-bond donors (Lipinski definition) is 3. The molecule has 2 atom stereocenters. The van der Waals surface area contributed by atoms with Gasteiger partial charge in [0.15, 0.2) is 0 Å². The Balaban J connectivity index is 2.38. The van der Waals surface area contributed by atoms with E-state index < -0.39 is 18.0 Å². The summed E-state index contributed by atoms with van der Waals surface area (Å²) >= 11 is 1.64. The van der Waals surface area contributed by atoms with Crippen molar-refractivity contribution in [2.24, 2.45) is 0 Å². The number of thiophene rings is 1. The van der Waals surface area contributed by atoms with Crippen LogP contribution in [0.4, 0.5) is 4.79 Å². The predicted octanol–water partition coefficient (Wildman–Crippen LogP) is 2.23. The van der Waals surface area contributed by atoms with Crippen LogP contribution in [0.3, 0.4) is 0 Å². The Bertz CT molecular complexity index is 406. The molecule has 3 N–H and O–H groups in total. The summed E-state index contributed by atoms with van der Waals surface area (Å²) < 4.78 is 0. The van der Waals surface area contributed by atoms with E-state index in [2.05, 4.69) is 10.6 Å². The Hall–Kier alpha value is -1.56. The van der Waals surface area contributed by atoms with Crippen LogP contribution in [0.15, 0.2) is 17.5 Å². The van der Waals surface area contributed by atoms with E-state index >= 15 is 0 Å². The second-order valence-electron chi connectivity index (χ2n) is 4.48. The van der Waals surface area contributed by atoms with E-state index in [-0.39, 0.29) is 6.04 Å². The Morgan fingerprint density at radius 2 is 2.16 bits per heavy atom. The summed E-state index contributed by atoms with van der Waals surface area (Å²) in [5.74, 6) is -0.997. The van der Waals surface area contributed by atoms with E-state index in [1.807, 2.05) is 31.4 Å². The number of urea groups is 1. The summed E-state index contributed by atoms with van der Waals surface area (Å²) in [5, 5.41) is 16.2. The number of rotatable bonds is 7. The highest BCUT2D eigenvalue weighted by molar-refractivity contribution is 7.09. The van der Waals surface area contributed by atoms with Crippen molar-refractivity contribution in [1.82, 2.24) is 10.6 Å². The minimum absolute atomic E-state index is 0.0327. The van der Waals surface area contributed by atoms with Gasteiger partial charge < -0.3 is 15.7 Å². The molecule has 106 valence electrons. The van der Waals surface area contributed by atoms with Crippen LogP contribution in [0.25, 0.3) is 0 Å². The predicted molar refractivity (Wildman–Crippen MR) is 75.5 cm³/mol. The molecule has 0 saturated carbocycles. The highest BCUT2D eigenvalue weighted by Crippen LogP contribution is 2.10. The van der Waals surface area contributed by atoms with Gasteiger partial charge in [0.1, 0.15) is 6.04 Å². The van der Waals surface area contributed by atoms with Gasteiger partial charge in [-0.1, -0.05) is 19.4 Å². The molecular weight excluding hydrogens is 264 g/mol. The van der Waals surface area contributed by atoms with Crippen LogP contribution >= 0.6 is 11.3 Å². The minimum Gasteiger partial charge on any atom is -0.480 e.